The fourth-order valence-electron chi connectivity index (χ4n) is 2.61. The number of urea groups is 1. The summed E-state index contributed by atoms with van der Waals surface area (Å²) in [4.78, 5) is 25.3. The normalized spacial score (nSPS) is 17.8. The van der Waals surface area contributed by atoms with E-state index in [1.54, 1.807) is 12.4 Å². The first kappa shape index (κ1) is 19.6. The van der Waals surface area contributed by atoms with Crippen molar-refractivity contribution in [1.82, 2.24) is 19.8 Å². The number of ether oxygens (including phenoxy) is 1. The molecule has 140 valence electrons. The highest BCUT2D eigenvalue weighted by molar-refractivity contribution is 5.89. The van der Waals surface area contributed by atoms with Crippen molar-refractivity contribution in [3.63, 3.8) is 0 Å². The SMILES string of the molecule is CN(C)CCN(CC1CCCO1)C(=O)Nc1cnc(C(C)(C)C)nc1. The second-order valence-corrected chi connectivity index (χ2v) is 7.86. The third kappa shape index (κ3) is 6.25. The molecule has 25 heavy (non-hydrogen) atoms. The number of anilines is 1. The lowest BCUT2D eigenvalue weighted by molar-refractivity contribution is 0.0820. The molecule has 0 aromatic carbocycles. The largest absolute Gasteiger partial charge is 0.376 e. The van der Waals surface area contributed by atoms with E-state index in [1.165, 1.54) is 0 Å². The van der Waals surface area contributed by atoms with Crippen molar-refractivity contribution in [2.45, 2.75) is 45.1 Å². The minimum atomic E-state index is -0.135. The van der Waals surface area contributed by atoms with E-state index in [0.717, 1.165) is 31.8 Å². The van der Waals surface area contributed by atoms with Crippen LogP contribution in [-0.2, 0) is 10.2 Å². The number of amides is 2. The van der Waals surface area contributed by atoms with E-state index in [9.17, 15) is 4.79 Å². The minimum absolute atomic E-state index is 0.111. The topological polar surface area (TPSA) is 70.6 Å². The van der Waals surface area contributed by atoms with E-state index in [1.807, 2.05) is 19.0 Å². The summed E-state index contributed by atoms with van der Waals surface area (Å²) in [6, 6.07) is -0.135. The third-order valence-corrected chi connectivity index (χ3v) is 4.13. The summed E-state index contributed by atoms with van der Waals surface area (Å²) >= 11 is 0. The Bertz CT molecular complexity index is 548. The molecule has 0 aliphatic carbocycles. The molecule has 1 aliphatic rings. The van der Waals surface area contributed by atoms with Gasteiger partial charge in [0, 0.05) is 31.7 Å². The Morgan fingerprint density at radius 2 is 1.96 bits per heavy atom. The van der Waals surface area contributed by atoms with Crippen LogP contribution in [0.15, 0.2) is 12.4 Å². The second-order valence-electron chi connectivity index (χ2n) is 7.86. The van der Waals surface area contributed by atoms with E-state index in [4.69, 9.17) is 4.74 Å². The quantitative estimate of drug-likeness (QED) is 0.854. The highest BCUT2D eigenvalue weighted by atomic mass is 16.5. The molecule has 0 bridgehead atoms. The van der Waals surface area contributed by atoms with Gasteiger partial charge in [-0.1, -0.05) is 20.8 Å². The number of carbonyl (C=O) groups excluding carboxylic acids is 1. The van der Waals surface area contributed by atoms with Crippen LogP contribution in [0.1, 0.15) is 39.4 Å². The molecule has 2 rings (SSSR count). The zero-order valence-corrected chi connectivity index (χ0v) is 16.1. The first-order valence-corrected chi connectivity index (χ1v) is 8.90. The number of aromatic nitrogens is 2. The van der Waals surface area contributed by atoms with Crippen molar-refractivity contribution >= 4 is 11.7 Å². The van der Waals surface area contributed by atoms with Crippen LogP contribution in [0.25, 0.3) is 0 Å². The number of carbonyl (C=O) groups is 1. The van der Waals surface area contributed by atoms with Crippen molar-refractivity contribution in [2.75, 3.05) is 45.7 Å². The van der Waals surface area contributed by atoms with Gasteiger partial charge in [-0.25, -0.2) is 14.8 Å². The average molecular weight is 349 g/mol. The van der Waals surface area contributed by atoms with Gasteiger partial charge in [0.05, 0.1) is 24.2 Å². The molecule has 1 fully saturated rings. The maximum atomic E-state index is 12.7. The van der Waals surface area contributed by atoms with E-state index >= 15 is 0 Å². The fraction of sp³-hybridized carbons (Fsp3) is 0.722. The average Bonchev–Trinajstić information content (AvgIpc) is 3.03. The zero-order valence-electron chi connectivity index (χ0n) is 16.1. The Morgan fingerprint density at radius 1 is 1.28 bits per heavy atom. The number of nitrogens with one attached hydrogen (secondary N) is 1. The summed E-state index contributed by atoms with van der Waals surface area (Å²) in [6.45, 7) is 9.04. The lowest BCUT2D eigenvalue weighted by Gasteiger charge is -2.27. The molecule has 0 radical (unpaired) electrons. The number of hydrogen-bond acceptors (Lipinski definition) is 5. The molecule has 1 aromatic rings. The number of nitrogens with zero attached hydrogens (tertiary/aromatic N) is 4. The van der Waals surface area contributed by atoms with Gasteiger partial charge in [0.2, 0.25) is 0 Å². The van der Waals surface area contributed by atoms with Crippen LogP contribution in [0.2, 0.25) is 0 Å². The van der Waals surface area contributed by atoms with Crippen molar-refractivity contribution in [3.8, 4) is 0 Å². The Hall–Kier alpha value is -1.73. The van der Waals surface area contributed by atoms with Crippen LogP contribution in [0.3, 0.4) is 0 Å². The summed E-state index contributed by atoms with van der Waals surface area (Å²) in [5, 5.41) is 2.91. The van der Waals surface area contributed by atoms with Crippen molar-refractivity contribution in [2.24, 2.45) is 0 Å². The van der Waals surface area contributed by atoms with Crippen LogP contribution in [0, 0.1) is 0 Å². The minimum Gasteiger partial charge on any atom is -0.376 e. The molecule has 7 heteroatoms. The van der Waals surface area contributed by atoms with Crippen LogP contribution < -0.4 is 5.32 Å². The molecule has 1 aliphatic heterocycles. The lowest BCUT2D eigenvalue weighted by Crippen LogP contribution is -2.43. The molecular weight excluding hydrogens is 318 g/mol. The molecule has 2 heterocycles. The highest BCUT2D eigenvalue weighted by Gasteiger charge is 2.23. The van der Waals surface area contributed by atoms with E-state index < -0.39 is 0 Å². The van der Waals surface area contributed by atoms with Gasteiger partial charge < -0.3 is 19.9 Å². The van der Waals surface area contributed by atoms with Crippen LogP contribution in [-0.4, -0.2) is 72.2 Å². The van der Waals surface area contributed by atoms with Crippen LogP contribution in [0.4, 0.5) is 10.5 Å². The molecule has 7 nitrogen and oxygen atoms in total. The molecule has 0 spiro atoms. The predicted molar refractivity (Wildman–Crippen MR) is 98.9 cm³/mol. The predicted octanol–water partition coefficient (Wildman–Crippen LogP) is 2.35. The maximum absolute atomic E-state index is 12.7. The molecule has 1 saturated heterocycles. The molecule has 1 aromatic heterocycles. The fourth-order valence-corrected chi connectivity index (χ4v) is 2.61. The third-order valence-electron chi connectivity index (χ3n) is 4.13. The maximum Gasteiger partial charge on any atom is 0.322 e. The standard InChI is InChI=1S/C18H31N5O2/c1-18(2,3)16-19-11-14(12-20-16)21-17(24)23(9-8-22(4)5)13-15-7-6-10-25-15/h11-12,15H,6-10,13H2,1-5H3,(H,21,24). The Labute approximate surface area is 150 Å². The summed E-state index contributed by atoms with van der Waals surface area (Å²) in [7, 11) is 4.00. The summed E-state index contributed by atoms with van der Waals surface area (Å²) in [5.41, 5.74) is 0.500. The summed E-state index contributed by atoms with van der Waals surface area (Å²) in [6.07, 6.45) is 5.54. The molecule has 1 atom stereocenters. The zero-order chi connectivity index (χ0) is 18.4. The number of hydrogen-bond donors (Lipinski definition) is 1. The van der Waals surface area contributed by atoms with E-state index in [-0.39, 0.29) is 17.6 Å². The van der Waals surface area contributed by atoms with Gasteiger partial charge in [-0.05, 0) is 26.9 Å². The first-order valence-electron chi connectivity index (χ1n) is 8.90. The molecule has 2 amide bonds. The van der Waals surface area contributed by atoms with Gasteiger partial charge in [0.1, 0.15) is 5.82 Å². The van der Waals surface area contributed by atoms with E-state index in [2.05, 4.69) is 41.0 Å². The Kier molecular flexibility index (Phi) is 6.72. The highest BCUT2D eigenvalue weighted by Crippen LogP contribution is 2.18. The smallest absolute Gasteiger partial charge is 0.322 e. The van der Waals surface area contributed by atoms with Gasteiger partial charge in [0.15, 0.2) is 0 Å². The second kappa shape index (κ2) is 8.58. The number of likely N-dealkylation sites (N-methyl/N-ethyl adjacent to an activating group) is 1. The summed E-state index contributed by atoms with van der Waals surface area (Å²) in [5.74, 6) is 0.759. The molecule has 0 saturated carbocycles. The lowest BCUT2D eigenvalue weighted by atomic mass is 9.96. The Morgan fingerprint density at radius 3 is 2.48 bits per heavy atom. The van der Waals surface area contributed by atoms with E-state index in [0.29, 0.717) is 18.8 Å². The molecule has 1 unspecified atom stereocenters. The van der Waals surface area contributed by atoms with Crippen molar-refractivity contribution in [3.05, 3.63) is 18.2 Å². The van der Waals surface area contributed by atoms with Gasteiger partial charge in [-0.15, -0.1) is 0 Å². The molecular formula is C18H31N5O2. The van der Waals surface area contributed by atoms with Gasteiger partial charge >= 0.3 is 6.03 Å². The monoisotopic (exact) mass is 349 g/mol. The van der Waals surface area contributed by atoms with Gasteiger partial charge in [-0.3, -0.25) is 0 Å². The van der Waals surface area contributed by atoms with Crippen molar-refractivity contribution < 1.29 is 9.53 Å². The summed E-state index contributed by atoms with van der Waals surface area (Å²) < 4.78 is 5.68. The van der Waals surface area contributed by atoms with Gasteiger partial charge in [0.25, 0.3) is 0 Å². The first-order chi connectivity index (χ1) is 11.8. The van der Waals surface area contributed by atoms with Crippen molar-refractivity contribution in [1.29, 1.82) is 0 Å². The molecule has 1 N–H and O–H groups in total. The van der Waals surface area contributed by atoms with Crippen LogP contribution in [0.5, 0.6) is 0 Å². The number of rotatable bonds is 6. The van der Waals surface area contributed by atoms with Crippen LogP contribution >= 0.6 is 0 Å². The Balaban J connectivity index is 1.99. The van der Waals surface area contributed by atoms with Gasteiger partial charge in [-0.2, -0.15) is 0 Å².